The zero-order chi connectivity index (χ0) is 44.2. The van der Waals surface area contributed by atoms with Gasteiger partial charge in [0.1, 0.15) is 0 Å². The predicted octanol–water partition coefficient (Wildman–Crippen LogP) is 17.3. The van der Waals surface area contributed by atoms with E-state index in [1.165, 1.54) is 71.9 Å². The van der Waals surface area contributed by atoms with Crippen molar-refractivity contribution in [1.82, 2.24) is 4.57 Å². The summed E-state index contributed by atoms with van der Waals surface area (Å²) in [6, 6.07) is 88.1. The lowest BCUT2D eigenvalue weighted by Crippen LogP contribution is -2.17. The molecule has 0 bridgehead atoms. The van der Waals surface area contributed by atoms with E-state index >= 15 is 0 Å². The van der Waals surface area contributed by atoms with E-state index in [2.05, 4.69) is 271 Å². The molecular weight excluding hydrogens is 799 g/mol. The Balaban J connectivity index is 0.969. The molecule has 0 fully saturated rings. The van der Waals surface area contributed by atoms with Crippen molar-refractivity contribution in [3.63, 3.8) is 0 Å². The van der Waals surface area contributed by atoms with E-state index in [4.69, 9.17) is 0 Å². The van der Waals surface area contributed by atoms with Crippen LogP contribution in [0.4, 0.5) is 28.4 Å². The number of nitrogens with zero attached hydrogens (tertiary/aromatic N) is 2. The average Bonchev–Trinajstić information content (AvgIpc) is 3.83. The lowest BCUT2D eigenvalue weighted by atomic mass is 9.82. The van der Waals surface area contributed by atoms with Gasteiger partial charge in [-0.15, -0.1) is 0 Å². The van der Waals surface area contributed by atoms with Crippen LogP contribution in [0.2, 0.25) is 0 Å². The Labute approximate surface area is 386 Å². The van der Waals surface area contributed by atoms with Crippen molar-refractivity contribution in [3.8, 4) is 50.2 Å². The molecule has 1 N–H and O–H groups in total. The quantitative estimate of drug-likeness (QED) is 0.156. The minimum Gasteiger partial charge on any atom is -0.355 e. The van der Waals surface area contributed by atoms with Gasteiger partial charge in [-0.2, -0.15) is 0 Å². The Morgan fingerprint density at radius 1 is 0.379 bits per heavy atom. The first kappa shape index (κ1) is 39.2. The van der Waals surface area contributed by atoms with Crippen LogP contribution in [0, 0.1) is 0 Å². The molecule has 0 radical (unpaired) electrons. The van der Waals surface area contributed by atoms with Gasteiger partial charge in [0.25, 0.3) is 0 Å². The molecular formula is C63H47N3. The fraction of sp³-hybridized carbons (Fsp3) is 0.0476. The molecule has 0 unspecified atom stereocenters. The van der Waals surface area contributed by atoms with Crippen molar-refractivity contribution in [1.29, 1.82) is 0 Å². The summed E-state index contributed by atoms with van der Waals surface area (Å²) in [5, 5.41) is 6.20. The van der Waals surface area contributed by atoms with E-state index < -0.39 is 0 Å². The van der Waals surface area contributed by atoms with E-state index in [1.54, 1.807) is 0 Å². The van der Waals surface area contributed by atoms with Gasteiger partial charge in [-0.25, -0.2) is 0 Å². The second-order valence-electron chi connectivity index (χ2n) is 17.8. The van der Waals surface area contributed by atoms with Crippen LogP contribution < -0.4 is 10.2 Å². The summed E-state index contributed by atoms with van der Waals surface area (Å²) >= 11 is 0. The van der Waals surface area contributed by atoms with Crippen molar-refractivity contribution in [2.45, 2.75) is 19.3 Å². The van der Waals surface area contributed by atoms with Crippen LogP contribution in [0.5, 0.6) is 0 Å². The van der Waals surface area contributed by atoms with Gasteiger partial charge in [0.15, 0.2) is 0 Å². The Kier molecular flexibility index (Phi) is 9.50. The summed E-state index contributed by atoms with van der Waals surface area (Å²) in [6.45, 7) is 4.78. The number of rotatable bonds is 9. The molecule has 1 aliphatic rings. The Morgan fingerprint density at radius 3 is 1.55 bits per heavy atom. The summed E-state index contributed by atoms with van der Waals surface area (Å²) in [5.74, 6) is 0. The fourth-order valence-electron chi connectivity index (χ4n) is 10.3. The third kappa shape index (κ3) is 6.67. The third-order valence-corrected chi connectivity index (χ3v) is 13.6. The van der Waals surface area contributed by atoms with Gasteiger partial charge in [0.2, 0.25) is 0 Å². The van der Waals surface area contributed by atoms with Crippen molar-refractivity contribution in [2.24, 2.45) is 0 Å². The highest BCUT2D eigenvalue weighted by molar-refractivity contribution is 6.14. The summed E-state index contributed by atoms with van der Waals surface area (Å²) in [7, 11) is 0. The van der Waals surface area contributed by atoms with E-state index in [-0.39, 0.29) is 5.41 Å². The molecule has 0 saturated carbocycles. The summed E-state index contributed by atoms with van der Waals surface area (Å²) in [6.07, 6.45) is 0. The summed E-state index contributed by atoms with van der Waals surface area (Å²) < 4.78 is 2.49. The minimum absolute atomic E-state index is 0.273. The number of hydrogen-bond acceptors (Lipinski definition) is 2. The lowest BCUT2D eigenvalue weighted by molar-refractivity contribution is 0.660. The average molecular weight is 846 g/mol. The highest BCUT2D eigenvalue weighted by atomic mass is 15.1. The van der Waals surface area contributed by atoms with Crippen molar-refractivity contribution in [2.75, 3.05) is 10.2 Å². The Hall–Kier alpha value is -8.40. The molecule has 1 heterocycles. The second-order valence-corrected chi connectivity index (χ2v) is 17.8. The first-order valence-electron chi connectivity index (χ1n) is 22.8. The summed E-state index contributed by atoms with van der Waals surface area (Å²) in [5.41, 5.74) is 21.1. The van der Waals surface area contributed by atoms with E-state index in [1.807, 2.05) is 0 Å². The summed E-state index contributed by atoms with van der Waals surface area (Å²) in [4.78, 5) is 2.40. The number of anilines is 5. The highest BCUT2D eigenvalue weighted by Crippen LogP contribution is 2.52. The van der Waals surface area contributed by atoms with E-state index in [0.717, 1.165) is 39.7 Å². The molecule has 3 heteroatoms. The standard InChI is InChI=1S/C63H47N3/c1-63(2)58-41-50(65(48-33-29-45(30-34-48)43-17-6-3-7-18-43)49-35-31-46(32-36-49)44-19-8-4-9-20-44)37-39-52(58)53-40-38-51(42-59(53)63)66-61-28-15-13-24-55(61)57-26-16-25-56(62(57)66)54-23-12-14-27-60(54)64-47-21-10-5-11-22-47/h3-42,64H,1-2H3. The SMILES string of the molecule is CC1(C)c2cc(N(c3ccc(-c4ccccc4)cc3)c3ccc(-c4ccccc4)cc3)ccc2-c2ccc(-n3c4ccccc4c4cccc(-c5ccccc5Nc5ccccc5)c43)cc21. The molecule has 0 atom stereocenters. The third-order valence-electron chi connectivity index (χ3n) is 13.6. The molecule has 10 aromatic carbocycles. The van der Waals surface area contributed by atoms with Gasteiger partial charge in [-0.1, -0.05) is 184 Å². The fourth-order valence-corrected chi connectivity index (χ4v) is 10.3. The largest absolute Gasteiger partial charge is 0.355 e. The normalized spacial score (nSPS) is 12.5. The van der Waals surface area contributed by atoms with Gasteiger partial charge in [0.05, 0.1) is 11.0 Å². The van der Waals surface area contributed by atoms with E-state index in [9.17, 15) is 0 Å². The van der Waals surface area contributed by atoms with Gasteiger partial charge in [-0.3, -0.25) is 0 Å². The van der Waals surface area contributed by atoms with Crippen molar-refractivity contribution >= 4 is 50.2 Å². The number of hydrogen-bond donors (Lipinski definition) is 1. The molecule has 66 heavy (non-hydrogen) atoms. The zero-order valence-corrected chi connectivity index (χ0v) is 37.0. The van der Waals surface area contributed by atoms with Crippen LogP contribution in [-0.4, -0.2) is 4.57 Å². The predicted molar refractivity (Wildman–Crippen MR) is 279 cm³/mol. The van der Waals surface area contributed by atoms with Gasteiger partial charge in [0, 0.05) is 61.4 Å². The molecule has 0 aliphatic heterocycles. The smallest absolute Gasteiger partial charge is 0.0620 e. The maximum absolute atomic E-state index is 3.72. The molecule has 0 saturated heterocycles. The zero-order valence-electron chi connectivity index (χ0n) is 37.0. The first-order chi connectivity index (χ1) is 32.5. The second kappa shape index (κ2) is 16.0. The van der Waals surface area contributed by atoms with Crippen molar-refractivity contribution < 1.29 is 0 Å². The van der Waals surface area contributed by atoms with Gasteiger partial charge >= 0.3 is 0 Å². The van der Waals surface area contributed by atoms with Crippen molar-refractivity contribution in [3.05, 3.63) is 254 Å². The molecule has 12 rings (SSSR count). The number of para-hydroxylation sites is 4. The van der Waals surface area contributed by atoms with Crippen LogP contribution in [0.15, 0.2) is 243 Å². The molecule has 0 spiro atoms. The highest BCUT2D eigenvalue weighted by Gasteiger charge is 2.37. The molecule has 1 aliphatic carbocycles. The van der Waals surface area contributed by atoms with Gasteiger partial charge in [-0.05, 0) is 117 Å². The number of fused-ring (bicyclic) bond motifs is 6. The minimum atomic E-state index is -0.273. The van der Waals surface area contributed by atoms with Crippen LogP contribution >= 0.6 is 0 Å². The lowest BCUT2D eigenvalue weighted by Gasteiger charge is -2.28. The molecule has 314 valence electrons. The maximum Gasteiger partial charge on any atom is 0.0620 e. The molecule has 11 aromatic rings. The first-order valence-corrected chi connectivity index (χ1v) is 22.8. The van der Waals surface area contributed by atoms with Crippen LogP contribution in [0.1, 0.15) is 25.0 Å². The number of benzene rings is 10. The number of nitrogens with one attached hydrogen (secondary N) is 1. The maximum atomic E-state index is 3.72. The Bertz CT molecular complexity index is 3470. The topological polar surface area (TPSA) is 20.2 Å². The Morgan fingerprint density at radius 2 is 0.879 bits per heavy atom. The monoisotopic (exact) mass is 845 g/mol. The number of aromatic nitrogens is 1. The molecule has 1 aromatic heterocycles. The van der Waals surface area contributed by atoms with E-state index in [0.29, 0.717) is 0 Å². The molecule has 3 nitrogen and oxygen atoms in total. The molecule has 0 amide bonds. The van der Waals surface area contributed by atoms with Gasteiger partial charge < -0.3 is 14.8 Å². The van der Waals surface area contributed by atoms with Crippen LogP contribution in [-0.2, 0) is 5.41 Å². The van der Waals surface area contributed by atoms with Crippen LogP contribution in [0.25, 0.3) is 72.0 Å². The van der Waals surface area contributed by atoms with Crippen LogP contribution in [0.3, 0.4) is 0 Å².